The molecule has 0 aromatic carbocycles. The van der Waals surface area contributed by atoms with Crippen LogP contribution >= 0.6 is 0 Å². The molecule has 0 amide bonds. The predicted octanol–water partition coefficient (Wildman–Crippen LogP) is 1.05. The molecule has 0 saturated heterocycles. The van der Waals surface area contributed by atoms with Crippen LogP contribution in [0.5, 0.6) is 0 Å². The van der Waals surface area contributed by atoms with E-state index in [1.807, 2.05) is 11.9 Å². The Morgan fingerprint density at radius 2 is 2.09 bits per heavy atom. The Labute approximate surface area is 68.0 Å². The number of likely N-dealkylation sites (N-methyl/N-ethyl adjacent to an activating group) is 1. The summed E-state index contributed by atoms with van der Waals surface area (Å²) in [6, 6.07) is 0. The molecule has 1 N–H and O–H groups in total. The van der Waals surface area contributed by atoms with Gasteiger partial charge in [0.25, 0.3) is 0 Å². The van der Waals surface area contributed by atoms with Crippen molar-refractivity contribution in [3.05, 3.63) is 0 Å². The molecular weight excluding hydrogens is 142 g/mol. The minimum atomic E-state index is -0.753. The number of rotatable bonds is 5. The lowest BCUT2D eigenvalue weighted by molar-refractivity contribution is -0.138. The molecule has 3 nitrogen and oxygen atoms in total. The minimum Gasteiger partial charge on any atom is -0.480 e. The first-order valence-corrected chi connectivity index (χ1v) is 3.92. The van der Waals surface area contributed by atoms with Crippen LogP contribution in [-0.2, 0) is 4.79 Å². The van der Waals surface area contributed by atoms with Gasteiger partial charge in [-0.1, -0.05) is 13.8 Å². The molecule has 0 aliphatic rings. The molecule has 0 aromatic heterocycles. The van der Waals surface area contributed by atoms with Crippen molar-refractivity contribution >= 4 is 5.97 Å². The molecule has 0 aliphatic carbocycles. The molecule has 0 aliphatic heterocycles. The molecule has 0 spiro atoms. The van der Waals surface area contributed by atoms with Crippen molar-refractivity contribution in [2.75, 3.05) is 20.1 Å². The lowest BCUT2D eigenvalue weighted by Crippen LogP contribution is -2.27. The monoisotopic (exact) mass is 159 g/mol. The summed E-state index contributed by atoms with van der Waals surface area (Å²) in [4.78, 5) is 12.0. The van der Waals surface area contributed by atoms with Crippen LogP contribution in [0.3, 0.4) is 0 Å². The van der Waals surface area contributed by atoms with Crippen molar-refractivity contribution in [3.8, 4) is 0 Å². The molecule has 0 atom stereocenters. The summed E-state index contributed by atoms with van der Waals surface area (Å²) in [6.07, 6.45) is 1.06. The van der Waals surface area contributed by atoms with Crippen molar-refractivity contribution in [1.29, 1.82) is 0 Å². The summed E-state index contributed by atoms with van der Waals surface area (Å²) in [5.41, 5.74) is 0. The second kappa shape index (κ2) is 5.13. The fraction of sp³-hybridized carbons (Fsp3) is 0.875. The van der Waals surface area contributed by atoms with Gasteiger partial charge < -0.3 is 5.11 Å². The third-order valence-corrected chi connectivity index (χ3v) is 1.49. The Bertz CT molecular complexity index is 123. The molecule has 0 radical (unpaired) electrons. The Kier molecular flexibility index (Phi) is 4.86. The van der Waals surface area contributed by atoms with Crippen LogP contribution in [0.4, 0.5) is 0 Å². The summed E-state index contributed by atoms with van der Waals surface area (Å²) in [6.45, 7) is 5.28. The third kappa shape index (κ3) is 7.33. The maximum absolute atomic E-state index is 10.2. The van der Waals surface area contributed by atoms with E-state index in [1.54, 1.807) is 0 Å². The van der Waals surface area contributed by atoms with E-state index in [0.29, 0.717) is 5.92 Å². The molecule has 0 unspecified atom stereocenters. The molecule has 0 bridgehead atoms. The number of carboxylic acid groups (broad SMARTS) is 1. The van der Waals surface area contributed by atoms with Crippen LogP contribution in [0.1, 0.15) is 20.3 Å². The normalized spacial score (nSPS) is 11.0. The van der Waals surface area contributed by atoms with Crippen molar-refractivity contribution in [3.63, 3.8) is 0 Å². The topological polar surface area (TPSA) is 40.5 Å². The predicted molar refractivity (Wildman–Crippen MR) is 44.6 cm³/mol. The third-order valence-electron chi connectivity index (χ3n) is 1.49. The highest BCUT2D eigenvalue weighted by Gasteiger charge is 2.03. The first-order valence-electron chi connectivity index (χ1n) is 3.92. The van der Waals surface area contributed by atoms with Gasteiger partial charge in [0.05, 0.1) is 6.54 Å². The second-order valence-corrected chi connectivity index (χ2v) is 3.31. The lowest BCUT2D eigenvalue weighted by Gasteiger charge is -2.14. The summed E-state index contributed by atoms with van der Waals surface area (Å²) in [7, 11) is 1.83. The first-order chi connectivity index (χ1) is 5.02. The van der Waals surface area contributed by atoms with Crippen LogP contribution in [-0.4, -0.2) is 36.1 Å². The first kappa shape index (κ1) is 10.4. The molecule has 0 heterocycles. The average Bonchev–Trinajstić information content (AvgIpc) is 1.82. The Hall–Kier alpha value is -0.570. The largest absolute Gasteiger partial charge is 0.480 e. The van der Waals surface area contributed by atoms with E-state index in [1.165, 1.54) is 0 Å². The quantitative estimate of drug-likeness (QED) is 0.651. The van der Waals surface area contributed by atoms with E-state index in [2.05, 4.69) is 13.8 Å². The molecule has 66 valence electrons. The van der Waals surface area contributed by atoms with Gasteiger partial charge in [0.1, 0.15) is 0 Å². The molecule has 11 heavy (non-hydrogen) atoms. The van der Waals surface area contributed by atoms with E-state index >= 15 is 0 Å². The molecule has 0 rings (SSSR count). The van der Waals surface area contributed by atoms with Crippen LogP contribution in [0.25, 0.3) is 0 Å². The van der Waals surface area contributed by atoms with E-state index in [4.69, 9.17) is 5.11 Å². The van der Waals surface area contributed by atoms with E-state index < -0.39 is 5.97 Å². The van der Waals surface area contributed by atoms with E-state index in [9.17, 15) is 4.79 Å². The van der Waals surface area contributed by atoms with Crippen molar-refractivity contribution in [1.82, 2.24) is 4.90 Å². The summed E-state index contributed by atoms with van der Waals surface area (Å²) in [5, 5.41) is 8.41. The zero-order chi connectivity index (χ0) is 8.85. The second-order valence-electron chi connectivity index (χ2n) is 3.31. The zero-order valence-corrected chi connectivity index (χ0v) is 7.50. The minimum absolute atomic E-state index is 0.146. The van der Waals surface area contributed by atoms with Crippen LogP contribution < -0.4 is 0 Å². The number of carbonyl (C=O) groups is 1. The SMILES string of the molecule is CC(C)CCN(C)CC(=O)O. The number of hydrogen-bond donors (Lipinski definition) is 1. The Balaban J connectivity index is 3.37. The molecule has 3 heteroatoms. The number of carboxylic acids is 1. The standard InChI is InChI=1S/C8H17NO2/c1-7(2)4-5-9(3)6-8(10)11/h7H,4-6H2,1-3H3,(H,10,11). The molecular formula is C8H17NO2. The molecule has 0 fully saturated rings. The van der Waals surface area contributed by atoms with Gasteiger partial charge in [-0.05, 0) is 25.9 Å². The van der Waals surface area contributed by atoms with Crippen molar-refractivity contribution in [2.24, 2.45) is 5.92 Å². The smallest absolute Gasteiger partial charge is 0.317 e. The van der Waals surface area contributed by atoms with E-state index in [-0.39, 0.29) is 6.54 Å². The Morgan fingerprint density at radius 1 is 1.55 bits per heavy atom. The van der Waals surface area contributed by atoms with Gasteiger partial charge in [-0.2, -0.15) is 0 Å². The fourth-order valence-corrected chi connectivity index (χ4v) is 0.789. The summed E-state index contributed by atoms with van der Waals surface area (Å²) < 4.78 is 0. The number of hydrogen-bond acceptors (Lipinski definition) is 2. The zero-order valence-electron chi connectivity index (χ0n) is 7.50. The highest BCUT2D eigenvalue weighted by molar-refractivity contribution is 5.68. The average molecular weight is 159 g/mol. The maximum atomic E-state index is 10.2. The van der Waals surface area contributed by atoms with Gasteiger partial charge in [0.2, 0.25) is 0 Å². The fourth-order valence-electron chi connectivity index (χ4n) is 0.789. The molecule has 0 saturated carbocycles. The van der Waals surface area contributed by atoms with Crippen LogP contribution in [0, 0.1) is 5.92 Å². The van der Waals surface area contributed by atoms with Crippen LogP contribution in [0.2, 0.25) is 0 Å². The number of aliphatic carboxylic acids is 1. The van der Waals surface area contributed by atoms with Crippen LogP contribution in [0.15, 0.2) is 0 Å². The van der Waals surface area contributed by atoms with E-state index in [0.717, 1.165) is 13.0 Å². The van der Waals surface area contributed by atoms with Crippen molar-refractivity contribution in [2.45, 2.75) is 20.3 Å². The van der Waals surface area contributed by atoms with Gasteiger partial charge in [0.15, 0.2) is 0 Å². The summed E-state index contributed by atoms with van der Waals surface area (Å²) >= 11 is 0. The maximum Gasteiger partial charge on any atom is 0.317 e. The molecule has 0 aromatic rings. The van der Waals surface area contributed by atoms with Gasteiger partial charge >= 0.3 is 5.97 Å². The van der Waals surface area contributed by atoms with Gasteiger partial charge in [0, 0.05) is 0 Å². The van der Waals surface area contributed by atoms with Gasteiger partial charge in [-0.3, -0.25) is 9.69 Å². The summed E-state index contributed by atoms with van der Waals surface area (Å²) in [5.74, 6) is -0.109. The number of nitrogens with zero attached hydrogens (tertiary/aromatic N) is 1. The Morgan fingerprint density at radius 3 is 2.45 bits per heavy atom. The highest BCUT2D eigenvalue weighted by atomic mass is 16.4. The highest BCUT2D eigenvalue weighted by Crippen LogP contribution is 1.99. The lowest BCUT2D eigenvalue weighted by atomic mass is 10.1. The van der Waals surface area contributed by atoms with Gasteiger partial charge in [-0.25, -0.2) is 0 Å². The van der Waals surface area contributed by atoms with Gasteiger partial charge in [-0.15, -0.1) is 0 Å². The van der Waals surface area contributed by atoms with Crippen molar-refractivity contribution < 1.29 is 9.90 Å².